The number of nitrogens with one attached hydrogen (secondary N) is 2. The molecule has 0 saturated heterocycles. The molecule has 1 amide bonds. The van der Waals surface area contributed by atoms with Crippen molar-refractivity contribution in [2.45, 2.75) is 26.0 Å². The minimum atomic E-state index is -1.16. The monoisotopic (exact) mass is 272 g/mol. The number of carbonyl (C=O) groups excluding carboxylic acids is 1. The van der Waals surface area contributed by atoms with E-state index in [1.165, 1.54) is 6.92 Å². The Morgan fingerprint density at radius 1 is 1.37 bits per heavy atom. The van der Waals surface area contributed by atoms with Crippen LogP contribution in [0.4, 0.5) is 8.78 Å². The summed E-state index contributed by atoms with van der Waals surface area (Å²) < 4.78 is 26.5. The molecule has 4 nitrogen and oxygen atoms in total. The summed E-state index contributed by atoms with van der Waals surface area (Å²) in [5.41, 5.74) is -0.0838. The first-order chi connectivity index (χ1) is 8.91. The Balaban J connectivity index is 2.54. The molecular weight excluding hydrogens is 254 g/mol. The Morgan fingerprint density at radius 3 is 2.68 bits per heavy atom. The van der Waals surface area contributed by atoms with Crippen molar-refractivity contribution in [3.63, 3.8) is 0 Å². The fourth-order valence-electron chi connectivity index (χ4n) is 1.66. The fraction of sp³-hybridized carbons (Fsp3) is 0.462. The van der Waals surface area contributed by atoms with Crippen molar-refractivity contribution in [2.75, 3.05) is 13.1 Å². The van der Waals surface area contributed by atoms with Crippen LogP contribution in [-0.2, 0) is 4.79 Å². The number of carbonyl (C=O) groups is 1. The van der Waals surface area contributed by atoms with Crippen LogP contribution in [0.3, 0.4) is 0 Å². The Morgan fingerprint density at radius 2 is 2.05 bits per heavy atom. The van der Waals surface area contributed by atoms with Crippen molar-refractivity contribution in [3.8, 4) is 0 Å². The lowest BCUT2D eigenvalue weighted by Gasteiger charge is -2.21. The Bertz CT molecular complexity index is 441. The normalized spacial score (nSPS) is 13.9. The summed E-state index contributed by atoms with van der Waals surface area (Å²) >= 11 is 0. The molecule has 0 saturated carbocycles. The minimum Gasteiger partial charge on any atom is -0.387 e. The van der Waals surface area contributed by atoms with Crippen molar-refractivity contribution in [1.82, 2.24) is 10.6 Å². The van der Waals surface area contributed by atoms with Crippen LogP contribution in [0.1, 0.15) is 25.5 Å². The molecule has 0 spiro atoms. The largest absolute Gasteiger partial charge is 0.387 e. The van der Waals surface area contributed by atoms with Gasteiger partial charge in [-0.05, 0) is 25.1 Å². The number of halogens is 2. The zero-order valence-electron chi connectivity index (χ0n) is 10.9. The molecule has 0 fully saturated rings. The van der Waals surface area contributed by atoms with E-state index in [0.29, 0.717) is 13.1 Å². The van der Waals surface area contributed by atoms with Gasteiger partial charge in [0.2, 0.25) is 5.91 Å². The number of hydrogen-bond donors (Lipinski definition) is 3. The summed E-state index contributed by atoms with van der Waals surface area (Å²) in [7, 11) is 0. The molecule has 1 aromatic rings. The number of amides is 1. The number of aliphatic hydroxyl groups excluding tert-OH is 1. The molecule has 2 unspecified atom stereocenters. The van der Waals surface area contributed by atoms with Crippen molar-refractivity contribution in [3.05, 3.63) is 35.4 Å². The predicted molar refractivity (Wildman–Crippen MR) is 67.5 cm³/mol. The second-order valence-electron chi connectivity index (χ2n) is 4.34. The first-order valence-electron chi connectivity index (χ1n) is 6.02. The third-order valence-corrected chi connectivity index (χ3v) is 2.72. The SMILES string of the molecule is CC(=O)NCCNC(C)C(O)c1cc(F)ccc1F. The summed E-state index contributed by atoms with van der Waals surface area (Å²) in [6.45, 7) is 3.88. The van der Waals surface area contributed by atoms with Gasteiger partial charge in [-0.3, -0.25) is 4.79 Å². The van der Waals surface area contributed by atoms with Gasteiger partial charge in [-0.1, -0.05) is 0 Å². The van der Waals surface area contributed by atoms with Gasteiger partial charge in [0.25, 0.3) is 0 Å². The predicted octanol–water partition coefficient (Wildman–Crippen LogP) is 1.11. The highest BCUT2D eigenvalue weighted by Gasteiger charge is 2.19. The lowest BCUT2D eigenvalue weighted by Crippen LogP contribution is -2.38. The molecule has 0 bridgehead atoms. The third kappa shape index (κ3) is 4.92. The van der Waals surface area contributed by atoms with Gasteiger partial charge >= 0.3 is 0 Å². The molecule has 1 aromatic carbocycles. The van der Waals surface area contributed by atoms with Gasteiger partial charge in [-0.2, -0.15) is 0 Å². The van der Waals surface area contributed by atoms with E-state index in [0.717, 1.165) is 18.2 Å². The van der Waals surface area contributed by atoms with Gasteiger partial charge in [-0.15, -0.1) is 0 Å². The molecule has 1 rings (SSSR count). The zero-order valence-corrected chi connectivity index (χ0v) is 10.9. The van der Waals surface area contributed by atoms with E-state index in [1.807, 2.05) is 0 Å². The molecular formula is C13H18F2N2O2. The molecule has 0 aliphatic carbocycles. The van der Waals surface area contributed by atoms with Crippen molar-refractivity contribution in [1.29, 1.82) is 0 Å². The quantitative estimate of drug-likeness (QED) is 0.680. The Kier molecular flexibility index (Phi) is 5.85. The molecule has 6 heteroatoms. The van der Waals surface area contributed by atoms with E-state index < -0.39 is 23.8 Å². The van der Waals surface area contributed by atoms with E-state index in [9.17, 15) is 18.7 Å². The van der Waals surface area contributed by atoms with Crippen LogP contribution in [0.25, 0.3) is 0 Å². The minimum absolute atomic E-state index is 0.0838. The summed E-state index contributed by atoms with van der Waals surface area (Å²) in [5, 5.41) is 15.5. The second-order valence-corrected chi connectivity index (χ2v) is 4.34. The van der Waals surface area contributed by atoms with Gasteiger partial charge < -0.3 is 15.7 Å². The highest BCUT2D eigenvalue weighted by molar-refractivity contribution is 5.72. The first-order valence-corrected chi connectivity index (χ1v) is 6.02. The van der Waals surface area contributed by atoms with Crippen molar-refractivity contribution in [2.24, 2.45) is 0 Å². The van der Waals surface area contributed by atoms with Crippen molar-refractivity contribution >= 4 is 5.91 Å². The van der Waals surface area contributed by atoms with Crippen LogP contribution >= 0.6 is 0 Å². The molecule has 0 aliphatic rings. The molecule has 0 heterocycles. The topological polar surface area (TPSA) is 61.4 Å². The molecule has 106 valence electrons. The summed E-state index contributed by atoms with van der Waals surface area (Å²) in [4.78, 5) is 10.6. The first kappa shape index (κ1) is 15.5. The Hall–Kier alpha value is -1.53. The average Bonchev–Trinajstić information content (AvgIpc) is 2.36. The highest BCUT2D eigenvalue weighted by atomic mass is 19.1. The van der Waals surface area contributed by atoms with Crippen molar-refractivity contribution < 1.29 is 18.7 Å². The van der Waals surface area contributed by atoms with Gasteiger partial charge in [-0.25, -0.2) is 8.78 Å². The van der Waals surface area contributed by atoms with Crippen LogP contribution in [-0.4, -0.2) is 30.1 Å². The summed E-state index contributed by atoms with van der Waals surface area (Å²) in [6, 6.07) is 2.50. The van der Waals surface area contributed by atoms with Crippen LogP contribution in [0, 0.1) is 11.6 Å². The standard InChI is InChI=1S/C13H18F2N2O2/c1-8(16-5-6-17-9(2)18)13(19)11-7-10(14)3-4-12(11)15/h3-4,7-8,13,16,19H,5-6H2,1-2H3,(H,17,18). The molecule has 0 aromatic heterocycles. The second kappa shape index (κ2) is 7.16. The van der Waals surface area contributed by atoms with Crippen LogP contribution < -0.4 is 10.6 Å². The molecule has 0 radical (unpaired) electrons. The lowest BCUT2D eigenvalue weighted by atomic mass is 10.0. The summed E-state index contributed by atoms with van der Waals surface area (Å²) in [6.07, 6.45) is -1.16. The van der Waals surface area contributed by atoms with E-state index in [-0.39, 0.29) is 11.5 Å². The third-order valence-electron chi connectivity index (χ3n) is 2.72. The van der Waals surface area contributed by atoms with Gasteiger partial charge in [0.15, 0.2) is 0 Å². The van der Waals surface area contributed by atoms with Crippen LogP contribution in [0.15, 0.2) is 18.2 Å². The molecule has 2 atom stereocenters. The lowest BCUT2D eigenvalue weighted by molar-refractivity contribution is -0.118. The molecule has 0 aliphatic heterocycles. The average molecular weight is 272 g/mol. The number of benzene rings is 1. The van der Waals surface area contributed by atoms with Gasteiger partial charge in [0.1, 0.15) is 11.6 Å². The maximum absolute atomic E-state index is 13.5. The zero-order chi connectivity index (χ0) is 14.4. The smallest absolute Gasteiger partial charge is 0.216 e. The number of aliphatic hydroxyl groups is 1. The van der Waals surface area contributed by atoms with Gasteiger partial charge in [0.05, 0.1) is 6.10 Å². The summed E-state index contributed by atoms with van der Waals surface area (Å²) in [5.74, 6) is -1.39. The maximum Gasteiger partial charge on any atom is 0.216 e. The highest BCUT2D eigenvalue weighted by Crippen LogP contribution is 2.21. The molecule has 19 heavy (non-hydrogen) atoms. The number of hydrogen-bond acceptors (Lipinski definition) is 3. The van der Waals surface area contributed by atoms with E-state index in [2.05, 4.69) is 10.6 Å². The molecule has 3 N–H and O–H groups in total. The number of rotatable bonds is 6. The fourth-order valence-corrected chi connectivity index (χ4v) is 1.66. The van der Waals surface area contributed by atoms with Crippen LogP contribution in [0.5, 0.6) is 0 Å². The maximum atomic E-state index is 13.5. The van der Waals surface area contributed by atoms with E-state index in [4.69, 9.17) is 0 Å². The van der Waals surface area contributed by atoms with Gasteiger partial charge in [0, 0.05) is 31.6 Å². The van der Waals surface area contributed by atoms with Crippen LogP contribution in [0.2, 0.25) is 0 Å². The Labute approximate surface area is 110 Å². The van der Waals surface area contributed by atoms with E-state index >= 15 is 0 Å². The van der Waals surface area contributed by atoms with E-state index in [1.54, 1.807) is 6.92 Å².